The molecule has 4 aliphatic rings. The highest BCUT2D eigenvalue weighted by molar-refractivity contribution is 5.98. The lowest BCUT2D eigenvalue weighted by Gasteiger charge is -2.34. The summed E-state index contributed by atoms with van der Waals surface area (Å²) in [6.45, 7) is -1.85. The summed E-state index contributed by atoms with van der Waals surface area (Å²) in [7, 11) is 0. The van der Waals surface area contributed by atoms with Crippen LogP contribution in [0.15, 0.2) is 0 Å². The Bertz CT molecular complexity index is 1800. The van der Waals surface area contributed by atoms with Crippen LogP contribution in [-0.2, 0) is 52.7 Å². The number of carbonyl (C=O) groups is 11. The van der Waals surface area contributed by atoms with Gasteiger partial charge in [0.05, 0.1) is 39.5 Å². The average Bonchev–Trinajstić information content (AvgIpc) is 4.13. The topological polar surface area (TPSA) is 386 Å². The summed E-state index contributed by atoms with van der Waals surface area (Å²) in [5.41, 5.74) is 10.5. The summed E-state index contributed by atoms with van der Waals surface area (Å²) in [4.78, 5) is 147. The maximum atomic E-state index is 14.0. The molecule has 0 aromatic rings. The van der Waals surface area contributed by atoms with E-state index in [1.54, 1.807) is 0 Å². The van der Waals surface area contributed by atoms with Crippen LogP contribution in [0, 0.1) is 0 Å². The minimum absolute atomic E-state index is 0.179. The number of nitrogens with two attached hydrogens (primary N) is 2. The fourth-order valence-corrected chi connectivity index (χ4v) is 8.24. The molecule has 11 amide bonds. The van der Waals surface area contributed by atoms with E-state index in [2.05, 4.69) is 31.9 Å². The van der Waals surface area contributed by atoms with Crippen LogP contribution in [0.25, 0.3) is 0 Å². The molecular weight excluding hydrogens is 848 g/mol. The standard InChI is InChI=1S/C38H60N12O14/c1-20(36(62)49-12-4-8-26(49)38(64)50-13-5-9-27(50)37(63)48-11-3-7-25(48)35(61)44-21(17-51)31(40)57)43-29(55)15-42-32(58)22(18-52)45-33(59)23(19-53)46-34(60)24-6-2-10-47(24)30(56)16-41-28(54)14-39/h20-27,51-53H,2-19,39H2,1H3,(H2,40,57)(H,41,54)(H,42,58)(H,43,55)(H,44,61)(H,45,59)(H,46,60)/t20-,21-,22-,23-,24-,25-,26-,27-/m0/s1. The first-order valence-corrected chi connectivity index (χ1v) is 21.3. The van der Waals surface area contributed by atoms with Crippen molar-refractivity contribution in [1.29, 1.82) is 0 Å². The lowest BCUT2D eigenvalue weighted by Crippen LogP contribution is -2.59. The molecule has 0 aliphatic carbocycles. The second kappa shape index (κ2) is 23.6. The number of aliphatic hydroxyl groups is 3. The van der Waals surface area contributed by atoms with Gasteiger partial charge in [-0.15, -0.1) is 0 Å². The molecule has 4 fully saturated rings. The second-order valence-corrected chi connectivity index (χ2v) is 15.9. The Morgan fingerprint density at radius 2 is 1.00 bits per heavy atom. The number of carbonyl (C=O) groups excluding carboxylic acids is 11. The van der Waals surface area contributed by atoms with E-state index in [1.807, 2.05) is 0 Å². The van der Waals surface area contributed by atoms with Gasteiger partial charge >= 0.3 is 0 Å². The van der Waals surface area contributed by atoms with Crippen LogP contribution in [0.4, 0.5) is 0 Å². The van der Waals surface area contributed by atoms with Crippen molar-refractivity contribution < 1.29 is 68.1 Å². The van der Waals surface area contributed by atoms with E-state index in [0.717, 1.165) is 0 Å². The first kappa shape index (κ1) is 50.7. The second-order valence-electron chi connectivity index (χ2n) is 15.9. The minimum atomic E-state index is -1.65. The van der Waals surface area contributed by atoms with Gasteiger partial charge in [-0.3, -0.25) is 52.7 Å². The van der Waals surface area contributed by atoms with Gasteiger partial charge in [0.2, 0.25) is 65.0 Å². The van der Waals surface area contributed by atoms with Crippen LogP contribution in [-0.4, -0.2) is 214 Å². The highest BCUT2D eigenvalue weighted by atomic mass is 16.3. The molecule has 0 radical (unpaired) electrons. The molecule has 0 spiro atoms. The molecule has 26 nitrogen and oxygen atoms in total. The summed E-state index contributed by atoms with van der Waals surface area (Å²) in [6.07, 6.45) is 3.01. The Kier molecular flexibility index (Phi) is 18.7. The lowest BCUT2D eigenvalue weighted by atomic mass is 10.1. The monoisotopic (exact) mass is 908 g/mol. The normalized spacial score (nSPS) is 22.5. The molecule has 4 saturated heterocycles. The number of rotatable bonds is 20. The summed E-state index contributed by atoms with van der Waals surface area (Å²) in [5.74, 6) is -8.00. The van der Waals surface area contributed by atoms with E-state index in [4.69, 9.17) is 11.5 Å². The highest BCUT2D eigenvalue weighted by Crippen LogP contribution is 2.29. The van der Waals surface area contributed by atoms with Crippen molar-refractivity contribution in [3.05, 3.63) is 0 Å². The van der Waals surface area contributed by atoms with E-state index in [9.17, 15) is 68.1 Å². The Labute approximate surface area is 367 Å². The Morgan fingerprint density at radius 1 is 0.547 bits per heavy atom. The molecule has 4 aliphatic heterocycles. The number of nitrogens with one attached hydrogen (secondary N) is 6. The molecule has 64 heavy (non-hydrogen) atoms. The van der Waals surface area contributed by atoms with Crippen molar-refractivity contribution in [3.63, 3.8) is 0 Å². The van der Waals surface area contributed by atoms with E-state index < -0.39 is 146 Å². The van der Waals surface area contributed by atoms with Crippen molar-refractivity contribution in [1.82, 2.24) is 51.5 Å². The molecule has 0 unspecified atom stereocenters. The third-order valence-electron chi connectivity index (χ3n) is 11.6. The molecular formula is C38H60N12O14. The van der Waals surface area contributed by atoms with Crippen LogP contribution in [0.1, 0.15) is 58.3 Å². The Balaban J connectivity index is 1.26. The van der Waals surface area contributed by atoms with E-state index in [-0.39, 0.29) is 45.6 Å². The minimum Gasteiger partial charge on any atom is -0.394 e. The fraction of sp³-hybridized carbons (Fsp3) is 0.711. The number of amides is 11. The quantitative estimate of drug-likeness (QED) is 0.0541. The van der Waals surface area contributed by atoms with Crippen LogP contribution < -0.4 is 43.4 Å². The molecule has 356 valence electrons. The molecule has 0 aromatic carbocycles. The van der Waals surface area contributed by atoms with E-state index >= 15 is 0 Å². The van der Waals surface area contributed by atoms with Crippen LogP contribution in [0.5, 0.6) is 0 Å². The molecule has 4 heterocycles. The van der Waals surface area contributed by atoms with Gasteiger partial charge in [-0.25, -0.2) is 0 Å². The molecule has 4 rings (SSSR count). The van der Waals surface area contributed by atoms with E-state index in [1.165, 1.54) is 26.5 Å². The predicted molar refractivity (Wildman–Crippen MR) is 218 cm³/mol. The van der Waals surface area contributed by atoms with Gasteiger partial charge in [0, 0.05) is 26.2 Å². The zero-order chi connectivity index (χ0) is 47.2. The average molecular weight is 909 g/mol. The summed E-state index contributed by atoms with van der Waals surface area (Å²) >= 11 is 0. The van der Waals surface area contributed by atoms with Crippen molar-refractivity contribution >= 4 is 65.0 Å². The van der Waals surface area contributed by atoms with Crippen molar-refractivity contribution in [2.45, 2.75) is 107 Å². The molecule has 0 saturated carbocycles. The first-order valence-electron chi connectivity index (χ1n) is 21.3. The third kappa shape index (κ3) is 12.6. The van der Waals surface area contributed by atoms with Gasteiger partial charge in [-0.2, -0.15) is 0 Å². The third-order valence-corrected chi connectivity index (χ3v) is 11.6. The first-order chi connectivity index (χ1) is 30.5. The van der Waals surface area contributed by atoms with Crippen molar-refractivity contribution in [2.24, 2.45) is 11.5 Å². The zero-order valence-corrected chi connectivity index (χ0v) is 35.6. The molecule has 13 N–H and O–H groups in total. The summed E-state index contributed by atoms with van der Waals surface area (Å²) < 4.78 is 0. The molecule has 0 bridgehead atoms. The van der Waals surface area contributed by atoms with Crippen molar-refractivity contribution in [2.75, 3.05) is 65.6 Å². The highest BCUT2D eigenvalue weighted by Gasteiger charge is 2.46. The largest absolute Gasteiger partial charge is 0.394 e. The molecule has 26 heteroatoms. The van der Waals surface area contributed by atoms with Gasteiger partial charge in [0.15, 0.2) is 0 Å². The van der Waals surface area contributed by atoms with Gasteiger partial charge in [-0.1, -0.05) is 0 Å². The number of nitrogens with zero attached hydrogens (tertiary/aromatic N) is 4. The maximum absolute atomic E-state index is 14.0. The number of primary amides is 1. The zero-order valence-electron chi connectivity index (χ0n) is 35.6. The van der Waals surface area contributed by atoms with E-state index in [0.29, 0.717) is 38.5 Å². The number of likely N-dealkylation sites (tertiary alicyclic amines) is 4. The van der Waals surface area contributed by atoms with Crippen LogP contribution >= 0.6 is 0 Å². The Morgan fingerprint density at radius 3 is 1.53 bits per heavy atom. The number of hydrogen-bond acceptors (Lipinski definition) is 15. The van der Waals surface area contributed by atoms with Crippen LogP contribution in [0.2, 0.25) is 0 Å². The summed E-state index contributed by atoms with van der Waals surface area (Å²) in [6, 6.07) is -9.58. The predicted octanol–water partition coefficient (Wildman–Crippen LogP) is -8.44. The van der Waals surface area contributed by atoms with Crippen molar-refractivity contribution in [3.8, 4) is 0 Å². The van der Waals surface area contributed by atoms with Gasteiger partial charge in [-0.05, 0) is 58.3 Å². The lowest BCUT2D eigenvalue weighted by molar-refractivity contribution is -0.151. The van der Waals surface area contributed by atoms with Gasteiger partial charge in [0.25, 0.3) is 0 Å². The van der Waals surface area contributed by atoms with Gasteiger partial charge < -0.3 is 78.3 Å². The molecule has 0 aromatic heterocycles. The van der Waals surface area contributed by atoms with Crippen LogP contribution in [0.3, 0.4) is 0 Å². The molecule has 8 atom stereocenters. The Hall–Kier alpha value is -5.99. The maximum Gasteiger partial charge on any atom is 0.246 e. The number of hydrogen-bond donors (Lipinski definition) is 11. The number of aliphatic hydroxyl groups excluding tert-OH is 3. The smallest absolute Gasteiger partial charge is 0.246 e. The van der Waals surface area contributed by atoms with Gasteiger partial charge in [0.1, 0.15) is 48.3 Å². The SMILES string of the molecule is C[C@H](NC(=O)CNC(=O)[C@H](CO)NC(=O)[C@H](CO)NC(=O)[C@@H]1CCCN1C(=O)CNC(=O)CN)C(=O)N1CCC[C@H]1C(=O)N1CCC[C@H]1C(=O)N1CCC[C@H]1C(=O)N[C@@H](CO)C(N)=O. The fourth-order valence-electron chi connectivity index (χ4n) is 8.24. The summed E-state index contributed by atoms with van der Waals surface area (Å²) in [5, 5.41) is 43.0.